The van der Waals surface area contributed by atoms with E-state index < -0.39 is 5.97 Å². The summed E-state index contributed by atoms with van der Waals surface area (Å²) in [5.74, 6) is 0.346. The summed E-state index contributed by atoms with van der Waals surface area (Å²) in [4.78, 5) is 25.8. The predicted molar refractivity (Wildman–Crippen MR) is 107 cm³/mol. The molecule has 3 aromatic rings. The van der Waals surface area contributed by atoms with E-state index in [-0.39, 0.29) is 11.1 Å². The first-order valence-corrected chi connectivity index (χ1v) is 9.64. The van der Waals surface area contributed by atoms with Crippen LogP contribution in [0.5, 0.6) is 5.75 Å². The fraction of sp³-hybridized carbons (Fsp3) is 0.200. The van der Waals surface area contributed by atoms with Gasteiger partial charge in [0.15, 0.2) is 10.9 Å². The molecule has 2 aromatic carbocycles. The molecule has 1 aromatic heterocycles. The number of benzene rings is 2. The topological polar surface area (TPSA) is 105 Å². The zero-order valence-corrected chi connectivity index (χ0v) is 16.0. The van der Waals surface area contributed by atoms with Crippen molar-refractivity contribution >= 4 is 17.7 Å². The highest BCUT2D eigenvalue weighted by Crippen LogP contribution is 2.17. The molecule has 0 bridgehead atoms. The van der Waals surface area contributed by atoms with Crippen molar-refractivity contribution < 1.29 is 14.6 Å². The van der Waals surface area contributed by atoms with Gasteiger partial charge in [-0.1, -0.05) is 41.6 Å². The average Bonchev–Trinajstić information content (AvgIpc) is 2.69. The Hall–Kier alpha value is -3.13. The van der Waals surface area contributed by atoms with E-state index in [1.54, 1.807) is 12.1 Å². The van der Waals surface area contributed by atoms with Crippen LogP contribution in [-0.2, 0) is 0 Å². The number of hydrogen-bond donors (Lipinski definition) is 2. The number of rotatable bonds is 8. The highest BCUT2D eigenvalue weighted by Gasteiger charge is 2.08. The molecule has 0 fully saturated rings. The van der Waals surface area contributed by atoms with Gasteiger partial charge in [-0.15, -0.1) is 10.2 Å². The number of aryl methyl sites for hydroxylation is 1. The predicted octanol–water partition coefficient (Wildman–Crippen LogP) is 3.40. The van der Waals surface area contributed by atoms with Gasteiger partial charge in [0.05, 0.1) is 12.2 Å². The fourth-order valence-electron chi connectivity index (χ4n) is 2.40. The lowest BCUT2D eigenvalue weighted by atomic mass is 10.1. The van der Waals surface area contributed by atoms with Crippen molar-refractivity contribution in [2.75, 3.05) is 12.4 Å². The molecule has 144 valence electrons. The number of carbonyl (C=O) groups is 1. The Morgan fingerprint density at radius 1 is 1.11 bits per heavy atom. The second-order valence-electron chi connectivity index (χ2n) is 6.05. The first-order chi connectivity index (χ1) is 13.5. The van der Waals surface area contributed by atoms with Crippen LogP contribution < -0.4 is 10.3 Å². The molecule has 2 N–H and O–H groups in total. The Balaban J connectivity index is 1.47. The van der Waals surface area contributed by atoms with Gasteiger partial charge >= 0.3 is 5.97 Å². The van der Waals surface area contributed by atoms with Crippen LogP contribution in [0, 0.1) is 6.92 Å². The Bertz CT molecular complexity index is 1000. The molecule has 3 rings (SSSR count). The normalized spacial score (nSPS) is 10.6. The van der Waals surface area contributed by atoms with Gasteiger partial charge in [-0.3, -0.25) is 9.78 Å². The molecule has 0 saturated heterocycles. The van der Waals surface area contributed by atoms with E-state index in [1.807, 2.05) is 31.2 Å². The molecule has 0 aliphatic heterocycles. The third-order valence-electron chi connectivity index (χ3n) is 3.90. The number of aromatic nitrogens is 3. The Labute approximate surface area is 165 Å². The van der Waals surface area contributed by atoms with Crippen molar-refractivity contribution in [2.45, 2.75) is 18.5 Å². The van der Waals surface area contributed by atoms with Gasteiger partial charge in [0.1, 0.15) is 5.75 Å². The maximum absolute atomic E-state index is 12.2. The zero-order valence-electron chi connectivity index (χ0n) is 15.2. The van der Waals surface area contributed by atoms with Crippen LogP contribution in [-0.4, -0.2) is 38.6 Å². The highest BCUT2D eigenvalue weighted by molar-refractivity contribution is 7.99. The molecule has 28 heavy (non-hydrogen) atoms. The molecule has 0 aliphatic rings. The lowest BCUT2D eigenvalue weighted by molar-refractivity contribution is 0.0697. The molecule has 0 spiro atoms. The van der Waals surface area contributed by atoms with Gasteiger partial charge < -0.3 is 9.84 Å². The third kappa shape index (κ3) is 5.20. The van der Waals surface area contributed by atoms with E-state index in [0.717, 1.165) is 17.5 Å². The number of nitrogens with one attached hydrogen (secondary N) is 1. The first-order valence-electron chi connectivity index (χ1n) is 8.66. The molecule has 0 aliphatic carbocycles. The molecule has 0 radical (unpaired) electrons. The second kappa shape index (κ2) is 9.18. The average molecular weight is 397 g/mol. The van der Waals surface area contributed by atoms with Crippen LogP contribution >= 0.6 is 11.8 Å². The van der Waals surface area contributed by atoms with Gasteiger partial charge in [-0.05, 0) is 37.6 Å². The summed E-state index contributed by atoms with van der Waals surface area (Å²) in [7, 11) is 0. The lowest BCUT2D eigenvalue weighted by Crippen LogP contribution is -2.14. The largest absolute Gasteiger partial charge is 0.494 e. The summed E-state index contributed by atoms with van der Waals surface area (Å²) in [5.41, 5.74) is 2.10. The van der Waals surface area contributed by atoms with Gasteiger partial charge in [-0.2, -0.15) is 0 Å². The molecular formula is C20H19N3O4S. The number of aromatic carboxylic acids is 1. The monoisotopic (exact) mass is 397 g/mol. The van der Waals surface area contributed by atoms with Crippen LogP contribution in [0.2, 0.25) is 0 Å². The van der Waals surface area contributed by atoms with E-state index in [0.29, 0.717) is 29.0 Å². The first kappa shape index (κ1) is 19.6. The number of aromatic amines is 1. The number of thioether (sulfide) groups is 1. The Kier molecular flexibility index (Phi) is 6.44. The fourth-order valence-corrected chi connectivity index (χ4v) is 3.12. The van der Waals surface area contributed by atoms with Crippen LogP contribution in [0.3, 0.4) is 0 Å². The molecule has 0 atom stereocenters. The van der Waals surface area contributed by atoms with Crippen LogP contribution in [0.1, 0.15) is 22.3 Å². The summed E-state index contributed by atoms with van der Waals surface area (Å²) >= 11 is 1.40. The van der Waals surface area contributed by atoms with Crippen molar-refractivity contribution in [3.05, 3.63) is 70.0 Å². The Morgan fingerprint density at radius 3 is 2.46 bits per heavy atom. The molecule has 8 heteroatoms. The highest BCUT2D eigenvalue weighted by atomic mass is 32.2. The number of carboxylic acid groups (broad SMARTS) is 1. The van der Waals surface area contributed by atoms with Crippen molar-refractivity contribution in [3.63, 3.8) is 0 Å². The zero-order chi connectivity index (χ0) is 19.9. The van der Waals surface area contributed by atoms with Crippen molar-refractivity contribution in [2.24, 2.45) is 0 Å². The third-order valence-corrected chi connectivity index (χ3v) is 4.85. The quantitative estimate of drug-likeness (QED) is 0.443. The summed E-state index contributed by atoms with van der Waals surface area (Å²) in [5, 5.41) is 17.5. The molecule has 7 nitrogen and oxygen atoms in total. The second-order valence-corrected chi connectivity index (χ2v) is 7.14. The summed E-state index contributed by atoms with van der Waals surface area (Å²) in [6.45, 7) is 2.45. The van der Waals surface area contributed by atoms with Gasteiger partial charge in [-0.25, -0.2) is 4.79 Å². The van der Waals surface area contributed by atoms with Crippen molar-refractivity contribution in [1.82, 2.24) is 15.2 Å². The summed E-state index contributed by atoms with van der Waals surface area (Å²) in [6, 6.07) is 13.8. The SMILES string of the molecule is Cc1ccc(-c2nnc(SCCCOc3ccc(C(=O)O)cc3)[nH]c2=O)cc1. The maximum atomic E-state index is 12.2. The summed E-state index contributed by atoms with van der Waals surface area (Å²) in [6.07, 6.45) is 0.731. The number of nitrogens with zero attached hydrogens (tertiary/aromatic N) is 2. The minimum atomic E-state index is -0.966. The van der Waals surface area contributed by atoms with E-state index in [2.05, 4.69) is 15.2 Å². The minimum Gasteiger partial charge on any atom is -0.494 e. The number of H-pyrrole nitrogens is 1. The van der Waals surface area contributed by atoms with Gasteiger partial charge in [0.2, 0.25) is 0 Å². The molecule has 0 saturated carbocycles. The lowest BCUT2D eigenvalue weighted by Gasteiger charge is -2.06. The number of carboxylic acids is 1. The summed E-state index contributed by atoms with van der Waals surface area (Å²) < 4.78 is 5.57. The van der Waals surface area contributed by atoms with E-state index >= 15 is 0 Å². The van der Waals surface area contributed by atoms with Crippen molar-refractivity contribution in [3.8, 4) is 17.0 Å². The van der Waals surface area contributed by atoms with Gasteiger partial charge in [0, 0.05) is 11.3 Å². The molecule has 0 unspecified atom stereocenters. The van der Waals surface area contributed by atoms with Crippen molar-refractivity contribution in [1.29, 1.82) is 0 Å². The van der Waals surface area contributed by atoms with Crippen LogP contribution in [0.25, 0.3) is 11.3 Å². The van der Waals surface area contributed by atoms with E-state index in [1.165, 1.54) is 23.9 Å². The van der Waals surface area contributed by atoms with Crippen LogP contribution in [0.4, 0.5) is 0 Å². The van der Waals surface area contributed by atoms with Gasteiger partial charge in [0.25, 0.3) is 5.56 Å². The molecular weight excluding hydrogens is 378 g/mol. The molecule has 1 heterocycles. The molecule has 0 amide bonds. The standard InChI is InChI=1S/C20H19N3O4S/c1-13-3-5-14(6-4-13)17-18(24)21-20(23-22-17)28-12-2-11-27-16-9-7-15(8-10-16)19(25)26/h3-10H,2,11-12H2,1H3,(H,25,26)(H,21,23,24). The van der Waals surface area contributed by atoms with E-state index in [4.69, 9.17) is 9.84 Å². The Morgan fingerprint density at radius 2 is 1.82 bits per heavy atom. The smallest absolute Gasteiger partial charge is 0.335 e. The maximum Gasteiger partial charge on any atom is 0.335 e. The van der Waals surface area contributed by atoms with Crippen LogP contribution in [0.15, 0.2) is 58.5 Å². The van der Waals surface area contributed by atoms with E-state index in [9.17, 15) is 9.59 Å². The number of hydrogen-bond acceptors (Lipinski definition) is 6. The number of ether oxygens (including phenoxy) is 1. The minimum absolute atomic E-state index is 0.222.